The van der Waals surface area contributed by atoms with Gasteiger partial charge >= 0.3 is 11.9 Å². The number of likely N-dealkylation sites (tertiary alicyclic amines) is 1. The average molecular weight is 529 g/mol. The number of nitrogens with zero attached hydrogens (tertiary/aromatic N) is 4. The van der Waals surface area contributed by atoms with Gasteiger partial charge in [-0.3, -0.25) is 19.7 Å². The van der Waals surface area contributed by atoms with E-state index in [9.17, 15) is 24.5 Å². The molecule has 196 valence electrons. The van der Waals surface area contributed by atoms with E-state index >= 15 is 0 Å². The minimum atomic E-state index is -0.677. The van der Waals surface area contributed by atoms with Crippen molar-refractivity contribution in [3.05, 3.63) is 62.3 Å². The molecule has 0 aromatic heterocycles. The van der Waals surface area contributed by atoms with E-state index < -0.39 is 16.9 Å². The molecule has 1 amide bonds. The maximum atomic E-state index is 13.3. The van der Waals surface area contributed by atoms with Gasteiger partial charge in [0.05, 0.1) is 48.3 Å². The standard InChI is InChI=1S/C25H28N4O7S/c1-4-36-23(31)17-6-5-11-27(13-17)20(30)12-19-14-37-25-26-15(2)21(24(32)35-3)22(28(19)25)16-7-9-18(10-8-16)29(33)34/h7-10,14,17,22H,4-6,11-13H2,1-3H3/t17-,22-/m0/s1. The summed E-state index contributed by atoms with van der Waals surface area (Å²) in [6, 6.07) is 5.28. The van der Waals surface area contributed by atoms with Crippen molar-refractivity contribution in [2.75, 3.05) is 26.8 Å². The molecule has 3 heterocycles. The number of fused-ring (bicyclic) bond motifs is 1. The summed E-state index contributed by atoms with van der Waals surface area (Å²) in [5.41, 5.74) is 1.96. The first-order valence-corrected chi connectivity index (χ1v) is 12.8. The smallest absolute Gasteiger partial charge is 0.338 e. The molecule has 0 radical (unpaired) electrons. The molecule has 1 aromatic rings. The van der Waals surface area contributed by atoms with Crippen molar-refractivity contribution in [1.29, 1.82) is 0 Å². The number of esters is 2. The molecule has 1 aromatic carbocycles. The molecule has 0 unspecified atom stereocenters. The van der Waals surface area contributed by atoms with Gasteiger partial charge in [0.25, 0.3) is 5.69 Å². The molecule has 3 aliphatic rings. The number of rotatable bonds is 7. The molecule has 4 rings (SSSR count). The molecule has 1 fully saturated rings. The van der Waals surface area contributed by atoms with Gasteiger partial charge in [-0.1, -0.05) is 11.8 Å². The number of hydrogen-bond acceptors (Lipinski definition) is 10. The Bertz CT molecular complexity index is 1210. The van der Waals surface area contributed by atoms with Crippen LogP contribution in [0.25, 0.3) is 0 Å². The summed E-state index contributed by atoms with van der Waals surface area (Å²) in [5.74, 6) is -1.35. The van der Waals surface area contributed by atoms with Crippen LogP contribution in [-0.4, -0.2) is 64.5 Å². The molecule has 0 aliphatic carbocycles. The van der Waals surface area contributed by atoms with Gasteiger partial charge < -0.3 is 19.3 Å². The number of carbonyl (C=O) groups excluding carboxylic acids is 3. The summed E-state index contributed by atoms with van der Waals surface area (Å²) in [4.78, 5) is 57.2. The highest BCUT2D eigenvalue weighted by Gasteiger charge is 2.41. The Hall–Kier alpha value is -3.67. The molecular weight excluding hydrogens is 500 g/mol. The predicted molar refractivity (Wildman–Crippen MR) is 136 cm³/mol. The Morgan fingerprint density at radius 3 is 2.62 bits per heavy atom. The molecule has 0 N–H and O–H groups in total. The van der Waals surface area contributed by atoms with Crippen molar-refractivity contribution in [1.82, 2.24) is 9.80 Å². The highest BCUT2D eigenvalue weighted by Crippen LogP contribution is 2.45. The lowest BCUT2D eigenvalue weighted by molar-refractivity contribution is -0.384. The highest BCUT2D eigenvalue weighted by molar-refractivity contribution is 8.16. The van der Waals surface area contributed by atoms with Gasteiger partial charge in [-0.05, 0) is 49.8 Å². The Labute approximate surface area is 218 Å². The van der Waals surface area contributed by atoms with E-state index in [1.54, 1.807) is 30.9 Å². The Balaban J connectivity index is 1.61. The minimum Gasteiger partial charge on any atom is -0.466 e. The Morgan fingerprint density at radius 1 is 1.24 bits per heavy atom. The van der Waals surface area contributed by atoms with E-state index in [4.69, 9.17) is 9.47 Å². The molecule has 0 bridgehead atoms. The molecular formula is C25H28N4O7S. The number of hydrogen-bond donors (Lipinski definition) is 0. The van der Waals surface area contributed by atoms with E-state index in [1.807, 2.05) is 10.3 Å². The SMILES string of the molecule is CCOC(=O)[C@H]1CCCN(C(=O)CC2=CSC3=NC(C)=C(C(=O)OC)[C@H](c4ccc([N+](=O)[O-])cc4)N23)C1. The number of amidine groups is 1. The van der Waals surface area contributed by atoms with Crippen LogP contribution in [0.1, 0.15) is 44.7 Å². The number of nitro benzene ring substituents is 1. The summed E-state index contributed by atoms with van der Waals surface area (Å²) in [6.07, 6.45) is 1.43. The number of benzene rings is 1. The molecule has 0 saturated carbocycles. The maximum absolute atomic E-state index is 13.3. The first-order valence-electron chi connectivity index (χ1n) is 12.0. The first kappa shape index (κ1) is 26.4. The number of carbonyl (C=O) groups is 3. The maximum Gasteiger partial charge on any atom is 0.338 e. The number of thioether (sulfide) groups is 1. The van der Waals surface area contributed by atoms with Crippen molar-refractivity contribution >= 4 is 40.5 Å². The fourth-order valence-electron chi connectivity index (χ4n) is 4.76. The van der Waals surface area contributed by atoms with Gasteiger partial charge in [0, 0.05) is 30.9 Å². The normalized spacial score (nSPS) is 21.2. The monoisotopic (exact) mass is 528 g/mol. The second-order valence-corrected chi connectivity index (χ2v) is 9.68. The fraction of sp³-hybridized carbons (Fsp3) is 0.440. The summed E-state index contributed by atoms with van der Waals surface area (Å²) >= 11 is 1.34. The molecule has 0 spiro atoms. The van der Waals surface area contributed by atoms with E-state index in [-0.39, 0.29) is 29.9 Å². The van der Waals surface area contributed by atoms with Gasteiger partial charge in [-0.25, -0.2) is 9.79 Å². The van der Waals surface area contributed by atoms with Gasteiger partial charge in [0.1, 0.15) is 0 Å². The molecule has 12 heteroatoms. The Kier molecular flexibility index (Phi) is 7.96. The van der Waals surface area contributed by atoms with Gasteiger partial charge in [-0.2, -0.15) is 0 Å². The van der Waals surface area contributed by atoms with Crippen LogP contribution in [0.3, 0.4) is 0 Å². The van der Waals surface area contributed by atoms with Crippen LogP contribution in [-0.2, 0) is 23.9 Å². The number of nitro groups is 1. The highest BCUT2D eigenvalue weighted by atomic mass is 32.2. The summed E-state index contributed by atoms with van der Waals surface area (Å²) in [7, 11) is 1.28. The van der Waals surface area contributed by atoms with Crippen molar-refractivity contribution < 1.29 is 28.8 Å². The Morgan fingerprint density at radius 2 is 1.97 bits per heavy atom. The zero-order chi connectivity index (χ0) is 26.7. The number of piperidine rings is 1. The topological polar surface area (TPSA) is 132 Å². The molecule has 37 heavy (non-hydrogen) atoms. The van der Waals surface area contributed by atoms with E-state index in [2.05, 4.69) is 4.99 Å². The summed E-state index contributed by atoms with van der Waals surface area (Å²) in [5, 5.41) is 13.6. The summed E-state index contributed by atoms with van der Waals surface area (Å²) in [6.45, 7) is 4.61. The number of amides is 1. The lowest BCUT2D eigenvalue weighted by Crippen LogP contribution is -2.44. The van der Waals surface area contributed by atoms with Crippen LogP contribution in [0.2, 0.25) is 0 Å². The average Bonchev–Trinajstić information content (AvgIpc) is 3.29. The second kappa shape index (κ2) is 11.2. The predicted octanol–water partition coefficient (Wildman–Crippen LogP) is 3.53. The summed E-state index contributed by atoms with van der Waals surface area (Å²) < 4.78 is 10.2. The van der Waals surface area contributed by atoms with E-state index in [0.717, 1.165) is 0 Å². The largest absolute Gasteiger partial charge is 0.466 e. The van der Waals surface area contributed by atoms with Crippen LogP contribution in [0.5, 0.6) is 0 Å². The van der Waals surface area contributed by atoms with Crippen LogP contribution in [0, 0.1) is 16.0 Å². The number of non-ortho nitro benzene ring substituents is 1. The zero-order valence-electron chi connectivity index (χ0n) is 20.8. The zero-order valence-corrected chi connectivity index (χ0v) is 21.7. The van der Waals surface area contributed by atoms with Crippen LogP contribution < -0.4 is 0 Å². The lowest BCUT2D eigenvalue weighted by atomic mass is 9.93. The van der Waals surface area contributed by atoms with Gasteiger partial charge in [0.15, 0.2) is 5.17 Å². The van der Waals surface area contributed by atoms with Crippen molar-refractivity contribution in [3.63, 3.8) is 0 Å². The number of methoxy groups -OCH3 is 1. The lowest BCUT2D eigenvalue weighted by Gasteiger charge is -2.37. The minimum absolute atomic E-state index is 0.0402. The quantitative estimate of drug-likeness (QED) is 0.296. The second-order valence-electron chi connectivity index (χ2n) is 8.84. The van der Waals surface area contributed by atoms with E-state index in [1.165, 1.54) is 31.0 Å². The van der Waals surface area contributed by atoms with Gasteiger partial charge in [0.2, 0.25) is 5.91 Å². The molecule has 1 saturated heterocycles. The number of aliphatic imine (C=N–C) groups is 1. The fourth-order valence-corrected chi connectivity index (χ4v) is 5.72. The van der Waals surface area contributed by atoms with Crippen molar-refractivity contribution in [2.45, 2.75) is 39.2 Å². The first-order chi connectivity index (χ1) is 17.7. The third kappa shape index (κ3) is 5.38. The number of allylic oxidation sites excluding steroid dienone is 1. The molecule has 3 aliphatic heterocycles. The van der Waals surface area contributed by atoms with Gasteiger partial charge in [-0.15, -0.1) is 0 Å². The van der Waals surface area contributed by atoms with Crippen molar-refractivity contribution in [3.8, 4) is 0 Å². The van der Waals surface area contributed by atoms with Crippen molar-refractivity contribution in [2.24, 2.45) is 10.9 Å². The third-order valence-corrected chi connectivity index (χ3v) is 7.44. The molecule has 11 nitrogen and oxygen atoms in total. The number of ether oxygens (including phenoxy) is 2. The third-order valence-electron chi connectivity index (χ3n) is 6.55. The van der Waals surface area contributed by atoms with Crippen LogP contribution in [0.15, 0.2) is 51.6 Å². The van der Waals surface area contributed by atoms with E-state index in [0.29, 0.717) is 60.2 Å². The molecule has 2 atom stereocenters. The van der Waals surface area contributed by atoms with Crippen LogP contribution in [0.4, 0.5) is 5.69 Å². The van der Waals surface area contributed by atoms with Crippen LogP contribution >= 0.6 is 11.8 Å².